The van der Waals surface area contributed by atoms with Crippen molar-refractivity contribution in [2.45, 2.75) is 49.8 Å². The first-order valence-electron chi connectivity index (χ1n) is 10.9. The maximum Gasteiger partial charge on any atom is 0.308 e. The Morgan fingerprint density at radius 2 is 1.71 bits per heavy atom. The molecule has 1 aromatic carbocycles. The van der Waals surface area contributed by atoms with Gasteiger partial charge in [0, 0.05) is 32.6 Å². The molecular weight excluding hydrogens is 420 g/mol. The average Bonchev–Trinajstić information content (AvgIpc) is 2.82. The van der Waals surface area contributed by atoms with Gasteiger partial charge in [0.2, 0.25) is 15.9 Å². The van der Waals surface area contributed by atoms with Crippen LogP contribution in [0.25, 0.3) is 0 Å². The molecule has 0 aromatic heterocycles. The highest BCUT2D eigenvalue weighted by molar-refractivity contribution is 7.89. The summed E-state index contributed by atoms with van der Waals surface area (Å²) in [7, 11) is -0.626. The number of carbonyl (C=O) groups is 2. The molecule has 2 aliphatic heterocycles. The van der Waals surface area contributed by atoms with E-state index in [2.05, 4.69) is 0 Å². The Morgan fingerprint density at radius 1 is 1.03 bits per heavy atom. The number of likely N-dealkylation sites (tertiary alicyclic amines) is 1. The van der Waals surface area contributed by atoms with Crippen molar-refractivity contribution in [2.24, 2.45) is 5.92 Å². The summed E-state index contributed by atoms with van der Waals surface area (Å²) in [5.41, 5.74) is 0.707. The molecule has 31 heavy (non-hydrogen) atoms. The van der Waals surface area contributed by atoms with E-state index in [0.717, 1.165) is 19.3 Å². The first-order valence-corrected chi connectivity index (χ1v) is 12.3. The number of aryl methyl sites for hydroxylation is 1. The Kier molecular flexibility index (Phi) is 7.94. The van der Waals surface area contributed by atoms with Crippen LogP contribution in [0.3, 0.4) is 0 Å². The minimum atomic E-state index is -3.55. The summed E-state index contributed by atoms with van der Waals surface area (Å²) in [6.45, 7) is 2.14. The number of hydrogen-bond donors (Lipinski definition) is 0. The van der Waals surface area contributed by atoms with Crippen LogP contribution in [-0.2, 0) is 30.8 Å². The van der Waals surface area contributed by atoms with Crippen molar-refractivity contribution in [1.29, 1.82) is 0 Å². The van der Waals surface area contributed by atoms with E-state index >= 15 is 0 Å². The first kappa shape index (κ1) is 23.5. The summed E-state index contributed by atoms with van der Waals surface area (Å²) in [5.74, 6) is 0.207. The fraction of sp³-hybridized carbons (Fsp3) is 0.636. The molecule has 1 amide bonds. The summed E-state index contributed by atoms with van der Waals surface area (Å²) in [4.78, 5) is 26.4. The molecule has 172 valence electrons. The highest BCUT2D eigenvalue weighted by atomic mass is 32.2. The van der Waals surface area contributed by atoms with E-state index in [1.54, 1.807) is 27.4 Å². The number of amides is 1. The molecule has 0 saturated carbocycles. The van der Waals surface area contributed by atoms with Gasteiger partial charge in [-0.2, -0.15) is 4.31 Å². The number of carbonyl (C=O) groups excluding carboxylic acids is 2. The lowest BCUT2D eigenvalue weighted by molar-refractivity contribution is -0.148. The first-order chi connectivity index (χ1) is 14.9. The van der Waals surface area contributed by atoms with Gasteiger partial charge in [-0.15, -0.1) is 0 Å². The topological polar surface area (TPSA) is 93.2 Å². The second kappa shape index (κ2) is 10.5. The van der Waals surface area contributed by atoms with Crippen LogP contribution < -0.4 is 4.74 Å². The summed E-state index contributed by atoms with van der Waals surface area (Å²) in [6, 6.07) is 4.88. The second-order valence-corrected chi connectivity index (χ2v) is 10.1. The van der Waals surface area contributed by atoms with Crippen LogP contribution in [0.2, 0.25) is 0 Å². The monoisotopic (exact) mass is 452 g/mol. The second-order valence-electron chi connectivity index (χ2n) is 8.12. The standard InChI is InChI=1S/C22H32N2O6S/c1-29-20-8-7-19(31(27,28)24-12-4-3-5-13-24)16-18(20)6-9-21(25)23-14-10-17(11-15-23)22(26)30-2/h7-8,16-17H,3-6,9-15H2,1-2H3. The third-order valence-electron chi connectivity index (χ3n) is 6.20. The van der Waals surface area contributed by atoms with E-state index in [-0.39, 0.29) is 29.1 Å². The number of benzene rings is 1. The maximum atomic E-state index is 13.0. The molecule has 0 aliphatic carbocycles. The summed E-state index contributed by atoms with van der Waals surface area (Å²) in [6.07, 6.45) is 4.66. The van der Waals surface area contributed by atoms with Gasteiger partial charge in [0.15, 0.2) is 0 Å². The largest absolute Gasteiger partial charge is 0.496 e. The van der Waals surface area contributed by atoms with Gasteiger partial charge in [0.25, 0.3) is 0 Å². The van der Waals surface area contributed by atoms with Crippen molar-refractivity contribution in [3.05, 3.63) is 23.8 Å². The molecule has 0 atom stereocenters. The minimum absolute atomic E-state index is 0.00494. The van der Waals surface area contributed by atoms with Crippen LogP contribution in [0.5, 0.6) is 5.75 Å². The van der Waals surface area contributed by atoms with Gasteiger partial charge in [-0.25, -0.2) is 8.42 Å². The number of ether oxygens (including phenoxy) is 2. The summed E-state index contributed by atoms with van der Waals surface area (Å²) in [5, 5.41) is 0. The zero-order chi connectivity index (χ0) is 22.4. The average molecular weight is 453 g/mol. The number of sulfonamides is 1. The Labute approximate surface area is 184 Å². The van der Waals surface area contributed by atoms with E-state index in [1.165, 1.54) is 14.2 Å². The quantitative estimate of drug-likeness (QED) is 0.589. The highest BCUT2D eigenvalue weighted by Gasteiger charge is 2.29. The molecule has 0 N–H and O–H groups in total. The van der Waals surface area contributed by atoms with Crippen molar-refractivity contribution in [3.8, 4) is 5.75 Å². The number of rotatable bonds is 7. The molecule has 1 aromatic rings. The van der Waals surface area contributed by atoms with Crippen LogP contribution in [0, 0.1) is 5.92 Å². The van der Waals surface area contributed by atoms with Crippen molar-refractivity contribution in [2.75, 3.05) is 40.4 Å². The fourth-order valence-corrected chi connectivity index (χ4v) is 5.86. The van der Waals surface area contributed by atoms with Gasteiger partial charge >= 0.3 is 5.97 Å². The maximum absolute atomic E-state index is 13.0. The number of piperidine rings is 2. The lowest BCUT2D eigenvalue weighted by atomic mass is 9.96. The minimum Gasteiger partial charge on any atom is -0.496 e. The van der Waals surface area contributed by atoms with Gasteiger partial charge in [-0.05, 0) is 55.9 Å². The number of esters is 1. The zero-order valence-electron chi connectivity index (χ0n) is 18.3. The van der Waals surface area contributed by atoms with Gasteiger partial charge in [0.1, 0.15) is 5.75 Å². The molecular formula is C22H32N2O6S. The predicted octanol–water partition coefficient (Wildman–Crippen LogP) is 2.21. The van der Waals surface area contributed by atoms with Crippen molar-refractivity contribution < 1.29 is 27.5 Å². The molecule has 2 aliphatic rings. The van der Waals surface area contributed by atoms with Crippen LogP contribution in [0.4, 0.5) is 0 Å². The van der Waals surface area contributed by atoms with Crippen LogP contribution in [-0.4, -0.2) is 69.9 Å². The van der Waals surface area contributed by atoms with E-state index in [1.807, 2.05) is 0 Å². The third-order valence-corrected chi connectivity index (χ3v) is 8.09. The van der Waals surface area contributed by atoms with Gasteiger partial charge in [-0.3, -0.25) is 9.59 Å². The Bertz CT molecular complexity index is 887. The number of hydrogen-bond acceptors (Lipinski definition) is 6. The van der Waals surface area contributed by atoms with E-state index in [4.69, 9.17) is 9.47 Å². The Hall–Kier alpha value is -2.13. The van der Waals surface area contributed by atoms with Crippen LogP contribution in [0.1, 0.15) is 44.1 Å². The van der Waals surface area contributed by atoms with Crippen LogP contribution in [0.15, 0.2) is 23.1 Å². The van der Waals surface area contributed by atoms with Crippen LogP contribution >= 0.6 is 0 Å². The van der Waals surface area contributed by atoms with Gasteiger partial charge in [-0.1, -0.05) is 6.42 Å². The fourth-order valence-electron chi connectivity index (χ4n) is 4.30. The van der Waals surface area contributed by atoms with E-state index in [0.29, 0.717) is 56.8 Å². The van der Waals surface area contributed by atoms with Crippen molar-refractivity contribution in [1.82, 2.24) is 9.21 Å². The molecule has 0 spiro atoms. The number of nitrogens with zero attached hydrogens (tertiary/aromatic N) is 2. The predicted molar refractivity (Wildman–Crippen MR) is 115 cm³/mol. The molecule has 3 rings (SSSR count). The molecule has 2 heterocycles. The molecule has 8 nitrogen and oxygen atoms in total. The van der Waals surface area contributed by atoms with Gasteiger partial charge < -0.3 is 14.4 Å². The molecule has 2 fully saturated rings. The normalized spacial score (nSPS) is 18.6. The lowest BCUT2D eigenvalue weighted by Gasteiger charge is -2.30. The van der Waals surface area contributed by atoms with Crippen molar-refractivity contribution >= 4 is 21.9 Å². The zero-order valence-corrected chi connectivity index (χ0v) is 19.2. The molecule has 2 saturated heterocycles. The smallest absolute Gasteiger partial charge is 0.308 e. The highest BCUT2D eigenvalue weighted by Crippen LogP contribution is 2.28. The van der Waals surface area contributed by atoms with Crippen molar-refractivity contribution in [3.63, 3.8) is 0 Å². The van der Waals surface area contributed by atoms with Gasteiger partial charge in [0.05, 0.1) is 25.0 Å². The Balaban J connectivity index is 1.65. The molecule has 0 bridgehead atoms. The molecule has 0 unspecified atom stereocenters. The molecule has 0 radical (unpaired) electrons. The summed E-state index contributed by atoms with van der Waals surface area (Å²) >= 11 is 0. The molecule has 9 heteroatoms. The van der Waals surface area contributed by atoms with E-state index in [9.17, 15) is 18.0 Å². The number of methoxy groups -OCH3 is 2. The third kappa shape index (κ3) is 5.57. The Morgan fingerprint density at radius 3 is 2.32 bits per heavy atom. The summed E-state index contributed by atoms with van der Waals surface area (Å²) < 4.78 is 37.7. The van der Waals surface area contributed by atoms with E-state index < -0.39 is 10.0 Å². The lowest BCUT2D eigenvalue weighted by Crippen LogP contribution is -2.40. The SMILES string of the molecule is COC(=O)C1CCN(C(=O)CCc2cc(S(=O)(=O)N3CCCCC3)ccc2OC)CC1.